The van der Waals surface area contributed by atoms with Gasteiger partial charge < -0.3 is 15.1 Å². The first-order chi connectivity index (χ1) is 9.03. The molecule has 0 saturated heterocycles. The number of hydrogen-bond acceptors (Lipinski definition) is 3. The van der Waals surface area contributed by atoms with Crippen LogP contribution in [0.2, 0.25) is 0 Å². The predicted molar refractivity (Wildman–Crippen MR) is 72.6 cm³/mol. The molecule has 4 nitrogen and oxygen atoms in total. The summed E-state index contributed by atoms with van der Waals surface area (Å²) in [5, 5.41) is 20.0. The Balaban J connectivity index is 2.30. The first kappa shape index (κ1) is 14.0. The van der Waals surface area contributed by atoms with Crippen molar-refractivity contribution in [3.8, 4) is 0 Å². The van der Waals surface area contributed by atoms with Crippen molar-refractivity contribution in [1.29, 1.82) is 0 Å². The molecule has 2 atom stereocenters. The van der Waals surface area contributed by atoms with Gasteiger partial charge in [-0.2, -0.15) is 0 Å². The van der Waals surface area contributed by atoms with Gasteiger partial charge in [-0.05, 0) is 11.1 Å². The topological polar surface area (TPSA) is 77.8 Å². The second-order valence-corrected chi connectivity index (χ2v) is 6.56. The molecule has 0 spiro atoms. The fourth-order valence-corrected chi connectivity index (χ4v) is 3.28. The largest absolute Gasteiger partial charge is 0.378 e. The fourth-order valence-electron chi connectivity index (χ4n) is 1.81. The van der Waals surface area contributed by atoms with Crippen molar-refractivity contribution in [1.82, 2.24) is 0 Å². The summed E-state index contributed by atoms with van der Waals surface area (Å²) in [6, 6.07) is 16.3. The van der Waals surface area contributed by atoms with E-state index in [1.165, 1.54) is 0 Å². The smallest absolute Gasteiger partial charge is 0.264 e. The molecule has 2 rings (SSSR count). The highest BCUT2D eigenvalue weighted by atomic mass is 31.2. The number of aliphatic hydroxyl groups is 2. The molecule has 0 aromatic heterocycles. The van der Waals surface area contributed by atoms with E-state index in [1.807, 2.05) is 0 Å². The molecule has 3 N–H and O–H groups in total. The average molecular weight is 278 g/mol. The summed E-state index contributed by atoms with van der Waals surface area (Å²) in [5.41, 5.74) is 0.617. The van der Waals surface area contributed by atoms with Crippen LogP contribution in [0.25, 0.3) is 0 Å². The van der Waals surface area contributed by atoms with E-state index in [1.54, 1.807) is 60.7 Å². The molecule has 0 radical (unpaired) electrons. The van der Waals surface area contributed by atoms with Crippen molar-refractivity contribution >= 4 is 7.37 Å². The third-order valence-electron chi connectivity index (χ3n) is 2.90. The van der Waals surface area contributed by atoms with E-state index in [4.69, 9.17) is 0 Å². The standard InChI is InChI=1S/C14H15O4P/c15-13(11-7-3-1-4-8-11)19(17,18)14(16)12-9-5-2-6-10-12/h1-10,13-16H,(H,17,18)/t13-,14-/m0/s1. The molecule has 0 bridgehead atoms. The average Bonchev–Trinajstić information content (AvgIpc) is 2.47. The maximum Gasteiger partial charge on any atom is 0.264 e. The highest BCUT2D eigenvalue weighted by molar-refractivity contribution is 7.58. The van der Waals surface area contributed by atoms with E-state index in [-0.39, 0.29) is 0 Å². The predicted octanol–water partition coefficient (Wildman–Crippen LogP) is 2.64. The molecule has 0 heterocycles. The Morgan fingerprint density at radius 2 is 1.05 bits per heavy atom. The maximum absolute atomic E-state index is 12.3. The second-order valence-electron chi connectivity index (χ2n) is 4.24. The Kier molecular flexibility index (Phi) is 4.17. The van der Waals surface area contributed by atoms with Gasteiger partial charge in [-0.1, -0.05) is 60.7 Å². The lowest BCUT2D eigenvalue weighted by atomic mass is 10.2. The van der Waals surface area contributed by atoms with Gasteiger partial charge in [-0.25, -0.2) is 0 Å². The van der Waals surface area contributed by atoms with Crippen LogP contribution in [-0.4, -0.2) is 15.1 Å². The van der Waals surface area contributed by atoms with Crippen LogP contribution >= 0.6 is 7.37 Å². The molecule has 0 aliphatic heterocycles. The van der Waals surface area contributed by atoms with Gasteiger partial charge in [0.1, 0.15) is 0 Å². The van der Waals surface area contributed by atoms with E-state index in [0.717, 1.165) is 0 Å². The van der Waals surface area contributed by atoms with Crippen molar-refractivity contribution in [3.63, 3.8) is 0 Å². The summed E-state index contributed by atoms with van der Waals surface area (Å²) in [6.45, 7) is 0. The van der Waals surface area contributed by atoms with E-state index >= 15 is 0 Å². The van der Waals surface area contributed by atoms with Crippen LogP contribution in [0.15, 0.2) is 60.7 Å². The van der Waals surface area contributed by atoms with Crippen LogP contribution < -0.4 is 0 Å². The lowest BCUT2D eigenvalue weighted by Gasteiger charge is -2.23. The fraction of sp³-hybridized carbons (Fsp3) is 0.143. The molecule has 5 heteroatoms. The first-order valence-corrected chi connectivity index (χ1v) is 7.61. The van der Waals surface area contributed by atoms with Gasteiger partial charge in [0.25, 0.3) is 7.37 Å². The molecule has 0 amide bonds. The summed E-state index contributed by atoms with van der Waals surface area (Å²) in [5.74, 6) is -3.21. The molecular weight excluding hydrogens is 263 g/mol. The van der Waals surface area contributed by atoms with Crippen LogP contribution in [0, 0.1) is 0 Å². The van der Waals surface area contributed by atoms with Gasteiger partial charge in [-0.3, -0.25) is 4.57 Å². The SMILES string of the molecule is O=P(O)([C@H](O)c1ccccc1)[C@H](O)c1ccccc1. The van der Waals surface area contributed by atoms with E-state index in [0.29, 0.717) is 11.1 Å². The Labute approximate surface area is 111 Å². The van der Waals surface area contributed by atoms with E-state index < -0.39 is 19.1 Å². The minimum Gasteiger partial charge on any atom is -0.378 e. The molecule has 0 saturated carbocycles. The van der Waals surface area contributed by atoms with Crippen LogP contribution in [0.3, 0.4) is 0 Å². The summed E-state index contributed by atoms with van der Waals surface area (Å²) in [6.07, 6.45) is 0. The maximum atomic E-state index is 12.3. The summed E-state index contributed by atoms with van der Waals surface area (Å²) in [4.78, 5) is 10.0. The zero-order chi connectivity index (χ0) is 13.9. The zero-order valence-electron chi connectivity index (χ0n) is 10.1. The van der Waals surface area contributed by atoms with Crippen LogP contribution in [-0.2, 0) is 4.57 Å². The monoisotopic (exact) mass is 278 g/mol. The third-order valence-corrected chi connectivity index (χ3v) is 4.89. The molecule has 0 aliphatic rings. The van der Waals surface area contributed by atoms with Crippen molar-refractivity contribution in [2.45, 2.75) is 11.7 Å². The van der Waals surface area contributed by atoms with Gasteiger partial charge in [-0.15, -0.1) is 0 Å². The molecular formula is C14H15O4P. The van der Waals surface area contributed by atoms with Gasteiger partial charge >= 0.3 is 0 Å². The summed E-state index contributed by atoms with van der Waals surface area (Å²) >= 11 is 0. The lowest BCUT2D eigenvalue weighted by Crippen LogP contribution is -2.07. The Morgan fingerprint density at radius 3 is 1.37 bits per heavy atom. The Bertz CT molecular complexity index is 521. The zero-order valence-corrected chi connectivity index (χ0v) is 11.0. The molecule has 100 valence electrons. The van der Waals surface area contributed by atoms with Gasteiger partial charge in [0.05, 0.1) is 0 Å². The number of aliphatic hydroxyl groups excluding tert-OH is 2. The Morgan fingerprint density at radius 1 is 0.737 bits per heavy atom. The number of rotatable bonds is 4. The molecule has 2 aromatic carbocycles. The minimum absolute atomic E-state index is 0.309. The third kappa shape index (κ3) is 2.94. The van der Waals surface area contributed by atoms with Gasteiger partial charge in [0, 0.05) is 0 Å². The molecule has 0 aliphatic carbocycles. The first-order valence-electron chi connectivity index (χ1n) is 5.81. The van der Waals surface area contributed by atoms with E-state index in [2.05, 4.69) is 0 Å². The quantitative estimate of drug-likeness (QED) is 0.751. The van der Waals surface area contributed by atoms with Crippen molar-refractivity contribution in [3.05, 3.63) is 71.8 Å². The highest BCUT2D eigenvalue weighted by Gasteiger charge is 2.38. The lowest BCUT2D eigenvalue weighted by molar-refractivity contribution is 0.186. The second kappa shape index (κ2) is 5.68. The van der Waals surface area contributed by atoms with Crippen LogP contribution in [0.4, 0.5) is 0 Å². The van der Waals surface area contributed by atoms with E-state index in [9.17, 15) is 19.7 Å². The molecule has 0 fully saturated rings. The molecule has 19 heavy (non-hydrogen) atoms. The van der Waals surface area contributed by atoms with Gasteiger partial charge in [0.15, 0.2) is 11.7 Å². The van der Waals surface area contributed by atoms with Crippen LogP contribution in [0.1, 0.15) is 22.8 Å². The normalized spacial score (nSPS) is 14.9. The van der Waals surface area contributed by atoms with Gasteiger partial charge in [0.2, 0.25) is 0 Å². The molecule has 2 aromatic rings. The minimum atomic E-state index is -4.21. The molecule has 0 unspecified atom stereocenters. The number of benzene rings is 2. The summed E-state index contributed by atoms with van der Waals surface area (Å²) < 4.78 is 12.3. The van der Waals surface area contributed by atoms with Crippen LogP contribution in [0.5, 0.6) is 0 Å². The number of hydrogen-bond donors (Lipinski definition) is 3. The van der Waals surface area contributed by atoms with Crippen molar-refractivity contribution in [2.24, 2.45) is 0 Å². The highest BCUT2D eigenvalue weighted by Crippen LogP contribution is 2.63. The summed E-state index contributed by atoms with van der Waals surface area (Å²) in [7, 11) is -4.21. The van der Waals surface area contributed by atoms with Crippen molar-refractivity contribution in [2.75, 3.05) is 0 Å². The Hall–Kier alpha value is -1.45. The van der Waals surface area contributed by atoms with Crippen molar-refractivity contribution < 1.29 is 19.7 Å².